The average molecular weight is 2020 g/mol. The van der Waals surface area contributed by atoms with Gasteiger partial charge in [0.1, 0.15) is 40.7 Å². The molecular formula is C88H140N14O39. The Kier molecular flexibility index (Phi) is 50.5. The molecule has 0 saturated carbocycles. The van der Waals surface area contributed by atoms with Crippen molar-refractivity contribution >= 4 is 65.4 Å². The van der Waals surface area contributed by atoms with Crippen LogP contribution >= 0.6 is 0 Å². The Morgan fingerprint density at radius 1 is 0.355 bits per heavy atom. The predicted octanol–water partition coefficient (Wildman–Crippen LogP) is -2.82. The van der Waals surface area contributed by atoms with Crippen molar-refractivity contribution in [3.63, 3.8) is 0 Å². The lowest BCUT2D eigenvalue weighted by molar-refractivity contribution is -0.251. The average Bonchev–Trinajstić information content (AvgIpc) is 1.61. The standard InChI is InChI=1S/C88H140N14O39/c1-59(104)90-73-76(133-62(4)107)79(136-65(7)110)86(56-130-82(73)139-86)53-124-41-38-121-35-32-118-29-26-115-23-19-100-44-68(94-97-100)47-127-50-85(93-72(114)17-12-10-14-18-89-71(113)16-13-11-15-22-103,51-128-48-69-45-101(98-95-69)20-24-116-27-30-119-33-36-122-39-42-125-54-87-57-131-83(140-87)74(91-60(2)105)77(134-63(5)108)80(87)137-66(8)111)52-129-49-70-46-102(99-96-70)21-25-117-28-31-120-34-37-123-40-43-126-55-88-58-132-84(141-88)75(92-61(3)106)78(135-64(6)109)81(88)138-67(9)112/h44-46,73-84,103H,10-43,47-58H2,1-9H3,(H,89,113)(H,90,104)(H,91,105)(H,92,106)(H,93,114)/t73-,74-,75-,76-,77-,78-,79-,80-,81-,82-,83-,84+,86+,87+,88+/m1/s1. The van der Waals surface area contributed by atoms with Crippen molar-refractivity contribution in [3.8, 4) is 0 Å². The van der Waals surface area contributed by atoms with E-state index in [1.165, 1.54) is 62.3 Å². The number of hydrogen-bond donors (Lipinski definition) is 6. The Balaban J connectivity index is 0.719. The fourth-order valence-corrected chi connectivity index (χ4v) is 16.0. The zero-order valence-corrected chi connectivity index (χ0v) is 81.7. The Hall–Kier alpha value is -9.29. The SMILES string of the molecule is CC(=O)N[C@H]1[C@@H]2OC[C@](COCCOCCOCCOCCn3cc(COCC(COCc4cn(CCOCCOCCOCCOC[C@@]56CO[C@H](O5)[C@H](NC(C)=O)[C@@H](OC(C)=O)[C@H]6OC(C)=O)nn4)(COCc4cn(CCOCCOCCOCCOC[C@@]56CO[C@@H](O5)[C@H](NC(C)=O)[C@@H](OC(C)=O)[C@H]6OC(C)=O)nn4)NC(=O)CCCCCNC(=O)CCCCCO)nn3)(O2)[C@H](OC(C)=O)[C@@H]1OC(C)=O. The summed E-state index contributed by atoms with van der Waals surface area (Å²) in [5, 5.41) is 49.1. The van der Waals surface area contributed by atoms with E-state index >= 15 is 0 Å². The summed E-state index contributed by atoms with van der Waals surface area (Å²) in [4.78, 5) is 136. The molecule has 0 radical (unpaired) electrons. The second-order valence-corrected chi connectivity index (χ2v) is 34.2. The Morgan fingerprint density at radius 3 is 0.915 bits per heavy atom. The molecule has 6 aliphatic rings. The molecule has 6 saturated heterocycles. The highest BCUT2D eigenvalue weighted by Crippen LogP contribution is 2.44. The van der Waals surface area contributed by atoms with Crippen LogP contribution in [0.1, 0.15) is 131 Å². The van der Waals surface area contributed by atoms with Gasteiger partial charge in [0.15, 0.2) is 72.3 Å². The molecule has 0 aliphatic carbocycles. The second kappa shape index (κ2) is 61.8. The van der Waals surface area contributed by atoms with Gasteiger partial charge in [0.05, 0.1) is 256 Å². The van der Waals surface area contributed by atoms with Crippen molar-refractivity contribution in [2.75, 3.05) is 211 Å². The first-order valence-electron chi connectivity index (χ1n) is 47.2. The van der Waals surface area contributed by atoms with E-state index in [1.54, 1.807) is 32.6 Å². The largest absolute Gasteiger partial charge is 0.456 e. The van der Waals surface area contributed by atoms with E-state index in [4.69, 9.17) is 133 Å². The number of carbonyl (C=O) groups is 11. The van der Waals surface area contributed by atoms with E-state index in [0.29, 0.717) is 81.8 Å². The lowest BCUT2D eigenvalue weighted by Crippen LogP contribution is -2.68. The van der Waals surface area contributed by atoms with Crippen LogP contribution in [0.15, 0.2) is 18.6 Å². The minimum Gasteiger partial charge on any atom is -0.456 e. The number of hydrogen-bond acceptors (Lipinski definition) is 45. The summed E-state index contributed by atoms with van der Waals surface area (Å²) in [5.74, 6) is -5.66. The van der Waals surface area contributed by atoms with Crippen LogP contribution in [-0.4, -0.2) is 423 Å². The third-order valence-electron chi connectivity index (χ3n) is 22.1. The summed E-state index contributed by atoms with van der Waals surface area (Å²) < 4.78 is 163. The molecule has 9 rings (SSSR count). The second-order valence-electron chi connectivity index (χ2n) is 34.2. The Bertz CT molecular complexity index is 3910. The van der Waals surface area contributed by atoms with Crippen LogP contribution in [-0.2, 0) is 220 Å². The van der Waals surface area contributed by atoms with Crippen LogP contribution in [0.5, 0.6) is 0 Å². The van der Waals surface area contributed by atoms with Crippen molar-refractivity contribution in [1.29, 1.82) is 0 Å². The molecule has 0 aromatic carbocycles. The maximum absolute atomic E-state index is 14.2. The third kappa shape index (κ3) is 40.0. The van der Waals surface area contributed by atoms with Gasteiger partial charge in [-0.3, -0.25) is 52.7 Å². The maximum atomic E-state index is 14.2. The topological polar surface area (TPSA) is 609 Å². The fraction of sp³-hybridized carbons (Fsp3) is 0.807. The monoisotopic (exact) mass is 2020 g/mol. The van der Waals surface area contributed by atoms with E-state index in [9.17, 15) is 52.7 Å². The first-order valence-corrected chi connectivity index (χ1v) is 47.2. The van der Waals surface area contributed by atoms with E-state index < -0.39 is 149 Å². The molecule has 0 spiro atoms. The molecule has 141 heavy (non-hydrogen) atoms. The van der Waals surface area contributed by atoms with Crippen LogP contribution in [0.2, 0.25) is 0 Å². The van der Waals surface area contributed by atoms with Gasteiger partial charge in [-0.25, -0.2) is 14.0 Å². The number of ether oxygens (including phenoxy) is 27. The summed E-state index contributed by atoms with van der Waals surface area (Å²) in [6.45, 7) is 16.2. The Labute approximate surface area is 815 Å². The number of esters is 6. The number of carbonyl (C=O) groups excluding carboxylic acids is 11. The molecule has 15 atom stereocenters. The highest BCUT2D eigenvalue weighted by molar-refractivity contribution is 5.78. The fourth-order valence-electron chi connectivity index (χ4n) is 16.0. The van der Waals surface area contributed by atoms with E-state index in [2.05, 4.69) is 57.5 Å². The summed E-state index contributed by atoms with van der Waals surface area (Å²) in [6.07, 6.45) is -0.421. The van der Waals surface area contributed by atoms with Crippen molar-refractivity contribution in [2.24, 2.45) is 0 Å². The molecule has 5 amide bonds. The van der Waals surface area contributed by atoms with Gasteiger partial charge in [-0.1, -0.05) is 28.5 Å². The molecule has 0 unspecified atom stereocenters. The summed E-state index contributed by atoms with van der Waals surface area (Å²) in [7, 11) is 0. The summed E-state index contributed by atoms with van der Waals surface area (Å²) in [6, 6.07) is -2.84. The number of nitrogens with zero attached hydrogens (tertiary/aromatic N) is 9. The number of rotatable bonds is 75. The lowest BCUT2D eigenvalue weighted by Gasteiger charge is -2.45. The van der Waals surface area contributed by atoms with E-state index in [1.807, 2.05) is 0 Å². The van der Waals surface area contributed by atoms with E-state index in [0.717, 1.165) is 6.42 Å². The molecule has 6 aliphatic heterocycles. The quantitative estimate of drug-likeness (QED) is 0.0188. The van der Waals surface area contributed by atoms with Gasteiger partial charge in [0.25, 0.3) is 0 Å². The molecule has 9 heterocycles. The van der Waals surface area contributed by atoms with Gasteiger partial charge in [-0.15, -0.1) is 15.3 Å². The molecule has 3 aromatic heterocycles. The van der Waals surface area contributed by atoms with Gasteiger partial charge >= 0.3 is 35.8 Å². The molecule has 53 heteroatoms. The predicted molar refractivity (Wildman–Crippen MR) is 474 cm³/mol. The van der Waals surface area contributed by atoms with Crippen molar-refractivity contribution < 1.29 is 186 Å². The molecule has 6 fully saturated rings. The van der Waals surface area contributed by atoms with Crippen molar-refractivity contribution in [1.82, 2.24) is 71.6 Å². The summed E-state index contributed by atoms with van der Waals surface area (Å²) in [5.41, 5.74) is -3.95. The van der Waals surface area contributed by atoms with Crippen LogP contribution in [0.4, 0.5) is 0 Å². The number of amides is 5. The van der Waals surface area contributed by atoms with Gasteiger partial charge < -0.3 is 160 Å². The number of aliphatic hydroxyl groups is 1. The van der Waals surface area contributed by atoms with Gasteiger partial charge in [-0.2, -0.15) is 0 Å². The van der Waals surface area contributed by atoms with E-state index in [-0.39, 0.29) is 243 Å². The Morgan fingerprint density at radius 2 is 0.631 bits per heavy atom. The van der Waals surface area contributed by atoms with Crippen LogP contribution in [0.3, 0.4) is 0 Å². The molecule has 6 bridgehead atoms. The van der Waals surface area contributed by atoms with Crippen molar-refractivity contribution in [3.05, 3.63) is 35.7 Å². The van der Waals surface area contributed by atoms with Crippen LogP contribution in [0, 0.1) is 0 Å². The maximum Gasteiger partial charge on any atom is 0.303 e. The molecule has 6 N–H and O–H groups in total. The zero-order chi connectivity index (χ0) is 101. The normalized spacial score (nSPS) is 24.1. The van der Waals surface area contributed by atoms with Crippen molar-refractivity contribution in [2.45, 2.75) is 249 Å². The lowest BCUT2D eigenvalue weighted by atomic mass is 9.87. The highest BCUT2D eigenvalue weighted by Gasteiger charge is 2.66. The molecular weight excluding hydrogens is 1880 g/mol. The summed E-state index contributed by atoms with van der Waals surface area (Å²) >= 11 is 0. The minimum atomic E-state index is -1.35. The first-order chi connectivity index (χ1) is 68.0. The minimum absolute atomic E-state index is 0.0459. The molecule has 3 aromatic rings. The molecule has 53 nitrogen and oxygen atoms in total. The highest BCUT2D eigenvalue weighted by atomic mass is 16.8. The first kappa shape index (κ1) is 115. The van der Waals surface area contributed by atoms with Gasteiger partial charge in [0.2, 0.25) is 29.5 Å². The van der Waals surface area contributed by atoms with Crippen LogP contribution in [0.25, 0.3) is 0 Å². The number of fused-ring (bicyclic) bond motifs is 6. The zero-order valence-electron chi connectivity index (χ0n) is 81.7. The number of aromatic nitrogens is 9. The van der Waals surface area contributed by atoms with Gasteiger partial charge in [-0.05, 0) is 25.7 Å². The van der Waals surface area contributed by atoms with Gasteiger partial charge in [0, 0.05) is 88.3 Å². The molecule has 796 valence electrons. The van der Waals surface area contributed by atoms with Crippen LogP contribution < -0.4 is 26.6 Å². The number of aliphatic hydroxyl groups excluding tert-OH is 1. The third-order valence-corrected chi connectivity index (χ3v) is 22.1. The smallest absolute Gasteiger partial charge is 0.303 e. The number of unbranched alkanes of at least 4 members (excludes halogenated alkanes) is 4. The number of nitrogens with one attached hydrogen (secondary N) is 5.